The average molecular weight is 539 g/mol. The Labute approximate surface area is 222 Å². The second-order valence-electron chi connectivity index (χ2n) is 7.76. The number of anilines is 1. The normalized spacial score (nSPS) is 10.8. The van der Waals surface area contributed by atoms with E-state index in [-0.39, 0.29) is 11.7 Å². The van der Waals surface area contributed by atoms with Gasteiger partial charge < -0.3 is 10.1 Å². The van der Waals surface area contributed by atoms with Gasteiger partial charge >= 0.3 is 5.97 Å². The quantitative estimate of drug-likeness (QED) is 0.152. The number of aromatic nitrogens is 3. The van der Waals surface area contributed by atoms with Gasteiger partial charge in [0.05, 0.1) is 12.9 Å². The first-order valence-electron chi connectivity index (χ1n) is 10.9. The van der Waals surface area contributed by atoms with Crippen LogP contribution in [-0.4, -0.2) is 39.5 Å². The smallest absolute Gasteiger partial charge is 0.341 e. The lowest BCUT2D eigenvalue weighted by atomic mass is 10.0. The number of rotatable bonds is 9. The molecule has 4 rings (SSSR count). The summed E-state index contributed by atoms with van der Waals surface area (Å²) < 4.78 is 6.90. The van der Waals surface area contributed by atoms with E-state index in [1.807, 2.05) is 53.3 Å². The monoisotopic (exact) mass is 538 g/mol. The van der Waals surface area contributed by atoms with E-state index in [9.17, 15) is 9.59 Å². The molecule has 1 amide bonds. The topological polar surface area (TPSA) is 86.1 Å². The molecule has 2 aromatic heterocycles. The third kappa shape index (κ3) is 5.70. The Morgan fingerprint density at radius 3 is 2.67 bits per heavy atom. The van der Waals surface area contributed by atoms with E-state index >= 15 is 0 Å². The van der Waals surface area contributed by atoms with Crippen LogP contribution in [0.4, 0.5) is 5.00 Å². The van der Waals surface area contributed by atoms with E-state index in [0.717, 1.165) is 16.7 Å². The zero-order valence-electron chi connectivity index (χ0n) is 19.7. The van der Waals surface area contributed by atoms with Gasteiger partial charge in [0, 0.05) is 28.1 Å². The van der Waals surface area contributed by atoms with E-state index < -0.39 is 5.97 Å². The molecule has 0 radical (unpaired) electrons. The number of allylic oxidation sites excluding steroid dienone is 1. The summed E-state index contributed by atoms with van der Waals surface area (Å²) in [5.41, 5.74) is 3.83. The Balaban J connectivity index is 1.52. The van der Waals surface area contributed by atoms with Gasteiger partial charge in [-0.2, -0.15) is 0 Å². The summed E-state index contributed by atoms with van der Waals surface area (Å²) >= 11 is 8.52. The van der Waals surface area contributed by atoms with Crippen LogP contribution in [0.25, 0.3) is 22.5 Å². The van der Waals surface area contributed by atoms with Crippen LogP contribution in [-0.2, 0) is 16.1 Å². The Hall–Kier alpha value is -3.40. The van der Waals surface area contributed by atoms with Crippen LogP contribution in [0.2, 0.25) is 5.02 Å². The first-order chi connectivity index (χ1) is 17.4. The summed E-state index contributed by atoms with van der Waals surface area (Å²) in [6, 6.07) is 15.1. The maximum Gasteiger partial charge on any atom is 0.341 e. The lowest BCUT2D eigenvalue weighted by Crippen LogP contribution is -2.16. The Kier molecular flexibility index (Phi) is 8.25. The molecule has 184 valence electrons. The highest BCUT2D eigenvalue weighted by Gasteiger charge is 2.23. The molecule has 0 aliphatic rings. The molecule has 0 aliphatic carbocycles. The second-order valence-corrected chi connectivity index (χ2v) is 10.0. The third-order valence-corrected chi connectivity index (χ3v) is 7.34. The summed E-state index contributed by atoms with van der Waals surface area (Å²) in [4.78, 5) is 25.4. The van der Waals surface area contributed by atoms with E-state index in [2.05, 4.69) is 22.1 Å². The average Bonchev–Trinajstić information content (AvgIpc) is 3.47. The van der Waals surface area contributed by atoms with Gasteiger partial charge in [-0.3, -0.25) is 9.36 Å². The predicted molar refractivity (Wildman–Crippen MR) is 146 cm³/mol. The highest BCUT2D eigenvalue weighted by Crippen LogP contribution is 2.37. The summed E-state index contributed by atoms with van der Waals surface area (Å²) in [5, 5.41) is 14.9. The molecule has 36 heavy (non-hydrogen) atoms. The maximum absolute atomic E-state index is 12.9. The van der Waals surface area contributed by atoms with Crippen LogP contribution in [0.3, 0.4) is 0 Å². The van der Waals surface area contributed by atoms with Crippen molar-refractivity contribution in [1.82, 2.24) is 14.8 Å². The SMILES string of the molecule is C=CCn1c(SCC(=O)Nc2scc(-c3ccc(Cl)cc3)c2C(=O)OC)nnc1-c1cccc(C)c1. The molecule has 4 aromatic rings. The van der Waals surface area contributed by atoms with Gasteiger partial charge in [0.25, 0.3) is 0 Å². The number of carbonyl (C=O) groups is 2. The summed E-state index contributed by atoms with van der Waals surface area (Å²) in [5.74, 6) is -0.0179. The third-order valence-electron chi connectivity index (χ3n) is 5.23. The zero-order valence-corrected chi connectivity index (χ0v) is 22.0. The van der Waals surface area contributed by atoms with Crippen LogP contribution in [0.1, 0.15) is 15.9 Å². The number of hydrogen-bond acceptors (Lipinski definition) is 7. The van der Waals surface area contributed by atoms with Crippen LogP contribution in [0.15, 0.2) is 71.7 Å². The molecule has 10 heteroatoms. The van der Waals surface area contributed by atoms with E-state index in [1.165, 1.54) is 30.2 Å². The second kappa shape index (κ2) is 11.6. The van der Waals surface area contributed by atoms with Gasteiger partial charge in [-0.15, -0.1) is 28.1 Å². The molecule has 2 heterocycles. The molecular weight excluding hydrogens is 516 g/mol. The van der Waals surface area contributed by atoms with Crippen molar-refractivity contribution in [1.29, 1.82) is 0 Å². The molecule has 0 aliphatic heterocycles. The van der Waals surface area contributed by atoms with Gasteiger partial charge in [-0.05, 0) is 30.7 Å². The van der Waals surface area contributed by atoms with Gasteiger partial charge in [-0.25, -0.2) is 4.79 Å². The van der Waals surface area contributed by atoms with Crippen LogP contribution in [0.5, 0.6) is 0 Å². The highest BCUT2D eigenvalue weighted by atomic mass is 35.5. The van der Waals surface area contributed by atoms with Gasteiger partial charge in [0.15, 0.2) is 11.0 Å². The zero-order chi connectivity index (χ0) is 25.7. The number of amides is 1. The predicted octanol–water partition coefficient (Wildman–Crippen LogP) is 6.34. The first kappa shape index (κ1) is 25.7. The number of esters is 1. The van der Waals surface area contributed by atoms with Crippen molar-refractivity contribution in [3.8, 4) is 22.5 Å². The standard InChI is InChI=1S/C26H23ClN4O3S2/c1-4-12-31-23(18-7-5-6-16(2)13-18)29-30-26(31)36-15-21(32)28-24-22(25(33)34-3)20(14-35-24)17-8-10-19(27)11-9-17/h4-11,13-14H,1,12,15H2,2-3H3,(H,28,32). The van der Waals surface area contributed by atoms with E-state index in [1.54, 1.807) is 18.2 Å². The molecule has 0 saturated heterocycles. The molecule has 0 unspecified atom stereocenters. The van der Waals surface area contributed by atoms with Crippen LogP contribution < -0.4 is 5.32 Å². The maximum atomic E-state index is 12.9. The fraction of sp³-hybridized carbons (Fsp3) is 0.154. The lowest BCUT2D eigenvalue weighted by Gasteiger charge is -2.09. The minimum absolute atomic E-state index is 0.0812. The van der Waals surface area contributed by atoms with Crippen molar-refractivity contribution in [3.05, 3.63) is 82.7 Å². The number of hydrogen-bond donors (Lipinski definition) is 1. The van der Waals surface area contributed by atoms with Crippen LogP contribution in [0, 0.1) is 6.92 Å². The van der Waals surface area contributed by atoms with Crippen molar-refractivity contribution in [3.63, 3.8) is 0 Å². The van der Waals surface area contributed by atoms with Crippen molar-refractivity contribution >= 4 is 51.6 Å². The Morgan fingerprint density at radius 1 is 1.19 bits per heavy atom. The summed E-state index contributed by atoms with van der Waals surface area (Å²) in [6.45, 7) is 6.35. The van der Waals surface area contributed by atoms with Gasteiger partial charge in [-0.1, -0.05) is 65.3 Å². The molecule has 0 bridgehead atoms. The van der Waals surface area contributed by atoms with Crippen LogP contribution >= 0.6 is 34.7 Å². The lowest BCUT2D eigenvalue weighted by molar-refractivity contribution is -0.113. The van der Waals surface area contributed by atoms with Gasteiger partial charge in [0.1, 0.15) is 10.6 Å². The number of ether oxygens (including phenoxy) is 1. The van der Waals surface area contributed by atoms with Crippen molar-refractivity contribution in [2.45, 2.75) is 18.6 Å². The Bertz CT molecular complexity index is 1410. The number of thiophene rings is 1. The number of methoxy groups -OCH3 is 1. The number of aryl methyl sites for hydroxylation is 1. The number of halogens is 1. The number of nitrogens with one attached hydrogen (secondary N) is 1. The van der Waals surface area contributed by atoms with Crippen molar-refractivity contribution in [2.24, 2.45) is 0 Å². The molecule has 0 spiro atoms. The minimum atomic E-state index is -0.530. The highest BCUT2D eigenvalue weighted by molar-refractivity contribution is 7.99. The summed E-state index contributed by atoms with van der Waals surface area (Å²) in [7, 11) is 1.31. The minimum Gasteiger partial charge on any atom is -0.465 e. The number of nitrogens with zero attached hydrogens (tertiary/aromatic N) is 3. The molecular formula is C26H23ClN4O3S2. The number of benzene rings is 2. The molecule has 0 atom stereocenters. The molecule has 2 aromatic carbocycles. The molecule has 0 saturated carbocycles. The number of thioether (sulfide) groups is 1. The Morgan fingerprint density at radius 2 is 1.97 bits per heavy atom. The van der Waals surface area contributed by atoms with Crippen molar-refractivity contribution in [2.75, 3.05) is 18.2 Å². The fourth-order valence-corrected chi connectivity index (χ4v) is 5.42. The van der Waals surface area contributed by atoms with E-state index in [0.29, 0.717) is 38.7 Å². The molecule has 7 nitrogen and oxygen atoms in total. The van der Waals surface area contributed by atoms with E-state index in [4.69, 9.17) is 16.3 Å². The molecule has 1 N–H and O–H groups in total. The van der Waals surface area contributed by atoms with Crippen molar-refractivity contribution < 1.29 is 14.3 Å². The molecule has 0 fully saturated rings. The van der Waals surface area contributed by atoms with Gasteiger partial charge in [0.2, 0.25) is 5.91 Å². The fourth-order valence-electron chi connectivity index (χ4n) is 3.58. The number of carbonyl (C=O) groups excluding carboxylic acids is 2. The largest absolute Gasteiger partial charge is 0.465 e. The summed E-state index contributed by atoms with van der Waals surface area (Å²) in [6.07, 6.45) is 1.76. The first-order valence-corrected chi connectivity index (χ1v) is 13.1.